The molecule has 3 aromatic rings. The molecule has 164 valence electrons. The Morgan fingerprint density at radius 2 is 1.94 bits per heavy atom. The molecule has 0 bridgehead atoms. The molecule has 1 aliphatic rings. The number of benzene rings is 2. The van der Waals surface area contributed by atoms with Gasteiger partial charge < -0.3 is 20.1 Å². The average Bonchev–Trinajstić information content (AvgIpc) is 3.21. The molecule has 2 N–H and O–H groups in total. The summed E-state index contributed by atoms with van der Waals surface area (Å²) in [5.41, 5.74) is 2.15. The highest BCUT2D eigenvalue weighted by Gasteiger charge is 2.35. The monoisotopic (exact) mass is 453 g/mol. The van der Waals surface area contributed by atoms with Gasteiger partial charge in [0.1, 0.15) is 11.8 Å². The topological polar surface area (TPSA) is 107 Å². The molecule has 1 atom stereocenters. The van der Waals surface area contributed by atoms with E-state index in [1.807, 2.05) is 12.1 Å². The molecular weight excluding hydrogens is 434 g/mol. The third kappa shape index (κ3) is 3.90. The third-order valence-electron chi connectivity index (χ3n) is 4.98. The third-order valence-corrected chi connectivity index (χ3v) is 5.22. The summed E-state index contributed by atoms with van der Waals surface area (Å²) in [5.74, 6) is -0.346. The maximum absolute atomic E-state index is 13.5. The van der Waals surface area contributed by atoms with Gasteiger partial charge >= 0.3 is 5.97 Å². The van der Waals surface area contributed by atoms with E-state index >= 15 is 0 Å². The van der Waals surface area contributed by atoms with Crippen molar-refractivity contribution in [1.29, 1.82) is 0 Å². The molecule has 2 heterocycles. The maximum Gasteiger partial charge on any atom is 0.378 e. The molecule has 1 amide bonds. The summed E-state index contributed by atoms with van der Waals surface area (Å²) >= 11 is 6.23. The number of anilines is 2. The number of hydrogen-bond donors (Lipinski definition) is 2. The summed E-state index contributed by atoms with van der Waals surface area (Å²) in [7, 11) is 2.78. The number of methoxy groups -OCH3 is 2. The highest BCUT2D eigenvalue weighted by atomic mass is 35.5. The lowest BCUT2D eigenvalue weighted by molar-refractivity contribution is -0.113. The van der Waals surface area contributed by atoms with E-state index in [9.17, 15) is 9.59 Å². The number of hydrogen-bond acceptors (Lipinski definition) is 7. The van der Waals surface area contributed by atoms with Gasteiger partial charge in [-0.25, -0.2) is 9.48 Å². The van der Waals surface area contributed by atoms with E-state index in [0.29, 0.717) is 39.2 Å². The van der Waals surface area contributed by atoms with Crippen LogP contribution in [0, 0.1) is 0 Å². The van der Waals surface area contributed by atoms with Gasteiger partial charge in [0, 0.05) is 10.7 Å². The van der Waals surface area contributed by atoms with Gasteiger partial charge in [-0.3, -0.25) is 4.79 Å². The fourth-order valence-electron chi connectivity index (χ4n) is 3.55. The number of allylic oxidation sites excluding steroid dienone is 1. The zero-order chi connectivity index (χ0) is 22.8. The fraction of sp³-hybridized carbons (Fsp3) is 0.182. The molecule has 0 aliphatic carbocycles. The van der Waals surface area contributed by atoms with Gasteiger partial charge in [-0.1, -0.05) is 35.9 Å². The van der Waals surface area contributed by atoms with Gasteiger partial charge in [-0.05, 0) is 36.8 Å². The summed E-state index contributed by atoms with van der Waals surface area (Å²) < 4.78 is 11.6. The Kier molecular flexibility index (Phi) is 5.83. The molecule has 4 rings (SSSR count). The van der Waals surface area contributed by atoms with Crippen LogP contribution in [0.5, 0.6) is 5.75 Å². The van der Waals surface area contributed by atoms with E-state index in [2.05, 4.69) is 20.7 Å². The summed E-state index contributed by atoms with van der Waals surface area (Å²) in [6.45, 7) is 1.75. The van der Waals surface area contributed by atoms with E-state index in [0.717, 1.165) is 0 Å². The van der Waals surface area contributed by atoms with Gasteiger partial charge in [0.05, 0.1) is 25.5 Å². The fourth-order valence-corrected chi connectivity index (χ4v) is 3.74. The first-order chi connectivity index (χ1) is 15.4. The van der Waals surface area contributed by atoms with Crippen molar-refractivity contribution < 1.29 is 19.1 Å². The zero-order valence-corrected chi connectivity index (χ0v) is 18.3. The van der Waals surface area contributed by atoms with Gasteiger partial charge in [0.2, 0.25) is 5.95 Å². The van der Waals surface area contributed by atoms with E-state index < -0.39 is 12.0 Å². The lowest BCUT2D eigenvalue weighted by Crippen LogP contribution is -2.31. The number of para-hydroxylation sites is 2. The average molecular weight is 454 g/mol. The number of ether oxygens (including phenoxy) is 2. The highest BCUT2D eigenvalue weighted by molar-refractivity contribution is 6.30. The van der Waals surface area contributed by atoms with Crippen LogP contribution in [-0.2, 0) is 9.53 Å². The number of fused-ring (bicyclic) bond motifs is 1. The van der Waals surface area contributed by atoms with Crippen molar-refractivity contribution in [2.75, 3.05) is 24.9 Å². The van der Waals surface area contributed by atoms with Crippen molar-refractivity contribution in [1.82, 2.24) is 14.8 Å². The molecule has 1 aliphatic heterocycles. The van der Waals surface area contributed by atoms with E-state index in [-0.39, 0.29) is 11.7 Å². The standard InChI is InChI=1S/C22H20ClN5O4/c1-12-17(20(29)25-15-9-4-5-10-16(15)31-2)18(13-7-6-8-14(23)11-13)28-22(24-12)26-19(27-28)21(30)32-3/h4-11,18H,1-3H3,(H,25,29)(H,24,26,27)/t18-/m1/s1. The Morgan fingerprint density at radius 1 is 1.16 bits per heavy atom. The predicted octanol–water partition coefficient (Wildman–Crippen LogP) is 3.65. The van der Waals surface area contributed by atoms with Crippen molar-refractivity contribution in [3.63, 3.8) is 0 Å². The second kappa shape index (κ2) is 8.72. The molecule has 0 unspecified atom stereocenters. The maximum atomic E-state index is 13.5. The lowest BCUT2D eigenvalue weighted by atomic mass is 9.95. The van der Waals surface area contributed by atoms with Gasteiger partial charge in [0.25, 0.3) is 11.7 Å². The number of carbonyl (C=O) groups is 2. The van der Waals surface area contributed by atoms with E-state index in [4.69, 9.17) is 21.1 Å². The number of amides is 1. The molecule has 10 heteroatoms. The highest BCUT2D eigenvalue weighted by Crippen LogP contribution is 2.37. The second-order valence-corrected chi connectivity index (χ2v) is 7.41. The van der Waals surface area contributed by atoms with Crippen LogP contribution >= 0.6 is 11.6 Å². The molecule has 32 heavy (non-hydrogen) atoms. The van der Waals surface area contributed by atoms with Gasteiger partial charge in [0.15, 0.2) is 0 Å². The summed E-state index contributed by atoms with van der Waals surface area (Å²) in [6, 6.07) is 13.5. The summed E-state index contributed by atoms with van der Waals surface area (Å²) in [6.07, 6.45) is 0. The molecular formula is C22H20ClN5O4. The minimum atomic E-state index is -0.689. The van der Waals surface area contributed by atoms with E-state index in [1.54, 1.807) is 43.3 Å². The van der Waals surface area contributed by atoms with E-state index in [1.165, 1.54) is 18.9 Å². The van der Waals surface area contributed by atoms with Gasteiger partial charge in [-0.2, -0.15) is 4.98 Å². The van der Waals surface area contributed by atoms with Crippen LogP contribution < -0.4 is 15.4 Å². The second-order valence-electron chi connectivity index (χ2n) is 6.97. The van der Waals surface area contributed by atoms with Crippen LogP contribution in [0.4, 0.5) is 11.6 Å². The van der Waals surface area contributed by atoms with Gasteiger partial charge in [-0.15, -0.1) is 5.10 Å². The number of nitrogens with zero attached hydrogens (tertiary/aromatic N) is 3. The number of carbonyl (C=O) groups excluding carboxylic acids is 2. The van der Waals surface area contributed by atoms with Crippen molar-refractivity contribution in [2.24, 2.45) is 0 Å². The molecule has 0 spiro atoms. The van der Waals surface area contributed by atoms with Crippen LogP contribution in [0.3, 0.4) is 0 Å². The number of halogens is 1. The first kappa shape index (κ1) is 21.4. The van der Waals surface area contributed by atoms with Crippen molar-refractivity contribution in [2.45, 2.75) is 13.0 Å². The lowest BCUT2D eigenvalue weighted by Gasteiger charge is -2.29. The Morgan fingerprint density at radius 3 is 2.66 bits per heavy atom. The normalized spacial score (nSPS) is 14.9. The number of nitrogens with one attached hydrogen (secondary N) is 2. The Balaban J connectivity index is 1.81. The van der Waals surface area contributed by atoms with Crippen LogP contribution in [0.1, 0.15) is 29.1 Å². The SMILES string of the molecule is COC(=O)c1nc2n(n1)[C@H](c1cccc(Cl)c1)C(C(=O)Nc1ccccc1OC)=C(C)N2. The first-order valence-electron chi connectivity index (χ1n) is 9.65. The molecule has 2 aromatic carbocycles. The van der Waals surface area contributed by atoms with Crippen molar-refractivity contribution in [3.05, 3.63) is 76.2 Å². The first-order valence-corrected chi connectivity index (χ1v) is 10.0. The van der Waals surface area contributed by atoms with Crippen LogP contribution in [0.15, 0.2) is 59.8 Å². The minimum Gasteiger partial charge on any atom is -0.495 e. The minimum absolute atomic E-state index is 0.124. The van der Waals surface area contributed by atoms with Crippen molar-refractivity contribution in [3.8, 4) is 5.75 Å². The van der Waals surface area contributed by atoms with Crippen LogP contribution in [0.25, 0.3) is 0 Å². The molecule has 9 nitrogen and oxygen atoms in total. The quantitative estimate of drug-likeness (QED) is 0.567. The Labute approximate surface area is 189 Å². The largest absolute Gasteiger partial charge is 0.495 e. The summed E-state index contributed by atoms with van der Waals surface area (Å²) in [5, 5.41) is 10.8. The molecule has 0 saturated carbocycles. The summed E-state index contributed by atoms with van der Waals surface area (Å²) in [4.78, 5) is 29.7. The van der Waals surface area contributed by atoms with Crippen LogP contribution in [0.2, 0.25) is 5.02 Å². The Hall–Kier alpha value is -3.85. The smallest absolute Gasteiger partial charge is 0.378 e. The molecule has 0 radical (unpaired) electrons. The molecule has 0 fully saturated rings. The number of esters is 1. The van der Waals surface area contributed by atoms with Crippen LogP contribution in [-0.4, -0.2) is 40.9 Å². The number of aromatic nitrogens is 3. The zero-order valence-electron chi connectivity index (χ0n) is 17.5. The number of rotatable bonds is 5. The molecule has 0 saturated heterocycles. The van der Waals surface area contributed by atoms with Crippen molar-refractivity contribution >= 4 is 35.1 Å². The Bertz CT molecular complexity index is 1240. The molecule has 1 aromatic heterocycles. The predicted molar refractivity (Wildman–Crippen MR) is 119 cm³/mol.